The zero-order valence-electron chi connectivity index (χ0n) is 19.0. The number of carbonyl (C=O) groups excluding carboxylic acids is 2. The maximum atomic E-state index is 13.2. The third-order valence-corrected chi connectivity index (χ3v) is 7.52. The first kappa shape index (κ1) is 27.3. The molecule has 2 amide bonds. The highest BCUT2D eigenvalue weighted by atomic mass is 35.5. The number of rotatable bonds is 6. The van der Waals surface area contributed by atoms with E-state index in [1.807, 2.05) is 24.3 Å². The standard InChI is InChI=1S/C25H23ClN4O4S.ClH/c26-22-7-1-18(2-8-22)11-16-35(33,34)29-14-15-30(23(17-29)24(27)31)25(32)21-5-3-19(4-6-21)20-9-12-28-13-10-20;/h1-13,16,23H,14-15,17H2,(H2,27,31);1H. The summed E-state index contributed by atoms with van der Waals surface area (Å²) in [4.78, 5) is 30.7. The number of hydrogen-bond acceptors (Lipinski definition) is 5. The monoisotopic (exact) mass is 546 g/mol. The van der Waals surface area contributed by atoms with Gasteiger partial charge in [-0.15, -0.1) is 12.4 Å². The minimum absolute atomic E-state index is 0. The van der Waals surface area contributed by atoms with Crippen LogP contribution in [-0.4, -0.2) is 60.1 Å². The molecule has 2 aromatic carbocycles. The molecular formula is C25H24Cl2N4O4S. The molecule has 1 aliphatic rings. The highest BCUT2D eigenvalue weighted by Crippen LogP contribution is 2.22. The average Bonchev–Trinajstić information content (AvgIpc) is 2.88. The van der Waals surface area contributed by atoms with Gasteiger partial charge in [-0.1, -0.05) is 35.9 Å². The Morgan fingerprint density at radius 3 is 2.17 bits per heavy atom. The van der Waals surface area contributed by atoms with Crippen LogP contribution >= 0.6 is 24.0 Å². The molecule has 1 aromatic heterocycles. The van der Waals surface area contributed by atoms with Gasteiger partial charge in [0, 0.05) is 48.0 Å². The van der Waals surface area contributed by atoms with Crippen molar-refractivity contribution >= 4 is 51.9 Å². The molecule has 0 radical (unpaired) electrons. The third kappa shape index (κ3) is 6.30. The van der Waals surface area contributed by atoms with Gasteiger partial charge in [-0.3, -0.25) is 14.6 Å². The number of amides is 2. The molecule has 188 valence electrons. The van der Waals surface area contributed by atoms with E-state index in [2.05, 4.69) is 4.98 Å². The van der Waals surface area contributed by atoms with Gasteiger partial charge in [-0.2, -0.15) is 4.31 Å². The number of benzene rings is 2. The first-order chi connectivity index (χ1) is 16.7. The van der Waals surface area contributed by atoms with Crippen LogP contribution in [0.1, 0.15) is 15.9 Å². The molecule has 0 spiro atoms. The molecule has 8 nitrogen and oxygen atoms in total. The molecular weight excluding hydrogens is 523 g/mol. The van der Waals surface area contributed by atoms with Crippen LogP contribution in [0.2, 0.25) is 5.02 Å². The van der Waals surface area contributed by atoms with Gasteiger partial charge in [0.25, 0.3) is 5.91 Å². The lowest BCUT2D eigenvalue weighted by atomic mass is 10.0. The molecule has 2 heterocycles. The second kappa shape index (κ2) is 11.7. The molecule has 1 aliphatic heterocycles. The number of sulfonamides is 1. The maximum Gasteiger partial charge on any atom is 0.254 e. The number of pyridine rings is 1. The molecule has 11 heteroatoms. The zero-order valence-corrected chi connectivity index (χ0v) is 21.4. The van der Waals surface area contributed by atoms with Crippen molar-refractivity contribution in [2.24, 2.45) is 5.73 Å². The van der Waals surface area contributed by atoms with E-state index in [0.29, 0.717) is 16.1 Å². The SMILES string of the molecule is Cl.NC(=O)C1CN(S(=O)(=O)C=Cc2ccc(Cl)cc2)CCN1C(=O)c1ccc(-c2ccncc2)cc1. The first-order valence-electron chi connectivity index (χ1n) is 10.8. The number of piperazine rings is 1. The summed E-state index contributed by atoms with van der Waals surface area (Å²) in [6.07, 6.45) is 4.82. The van der Waals surface area contributed by atoms with Gasteiger partial charge in [0.1, 0.15) is 6.04 Å². The second-order valence-corrected chi connectivity index (χ2v) is 10.2. The summed E-state index contributed by atoms with van der Waals surface area (Å²) in [5.41, 5.74) is 8.48. The van der Waals surface area contributed by atoms with E-state index in [0.717, 1.165) is 20.8 Å². The van der Waals surface area contributed by atoms with Crippen molar-refractivity contribution in [2.75, 3.05) is 19.6 Å². The van der Waals surface area contributed by atoms with Crippen molar-refractivity contribution in [1.29, 1.82) is 0 Å². The second-order valence-electron chi connectivity index (χ2n) is 7.99. The Bertz CT molecular complexity index is 1350. The quantitative estimate of drug-likeness (QED) is 0.508. The van der Waals surface area contributed by atoms with Gasteiger partial charge >= 0.3 is 0 Å². The van der Waals surface area contributed by atoms with Crippen molar-refractivity contribution in [3.05, 3.63) is 94.6 Å². The summed E-state index contributed by atoms with van der Waals surface area (Å²) in [5.74, 6) is -1.16. The lowest BCUT2D eigenvalue weighted by Gasteiger charge is -2.38. The van der Waals surface area contributed by atoms with Crippen molar-refractivity contribution in [3.8, 4) is 11.1 Å². The maximum absolute atomic E-state index is 13.2. The number of halogens is 2. The van der Waals surface area contributed by atoms with Crippen LogP contribution in [0.3, 0.4) is 0 Å². The van der Waals surface area contributed by atoms with Crippen LogP contribution < -0.4 is 5.73 Å². The summed E-state index contributed by atoms with van der Waals surface area (Å²) in [6, 6.07) is 16.3. The van der Waals surface area contributed by atoms with E-state index in [1.165, 1.54) is 11.0 Å². The molecule has 2 N–H and O–H groups in total. The summed E-state index contributed by atoms with van der Waals surface area (Å²) in [5, 5.41) is 1.62. The van der Waals surface area contributed by atoms with Crippen LogP contribution in [0, 0.1) is 0 Å². The molecule has 3 aromatic rings. The summed E-state index contributed by atoms with van der Waals surface area (Å²) in [6.45, 7) is -0.145. The van der Waals surface area contributed by atoms with Crippen molar-refractivity contribution in [3.63, 3.8) is 0 Å². The predicted octanol–water partition coefficient (Wildman–Crippen LogP) is 3.44. The Morgan fingerprint density at radius 1 is 0.944 bits per heavy atom. The Labute approximate surface area is 220 Å². The van der Waals surface area contributed by atoms with Crippen molar-refractivity contribution < 1.29 is 18.0 Å². The zero-order chi connectivity index (χ0) is 25.0. The molecule has 0 saturated carbocycles. The van der Waals surface area contributed by atoms with Gasteiger partial charge in [0.15, 0.2) is 0 Å². The largest absolute Gasteiger partial charge is 0.368 e. The van der Waals surface area contributed by atoms with Crippen molar-refractivity contribution in [1.82, 2.24) is 14.2 Å². The average molecular weight is 547 g/mol. The van der Waals surface area contributed by atoms with Crippen molar-refractivity contribution in [2.45, 2.75) is 6.04 Å². The van der Waals surface area contributed by atoms with Crippen LogP contribution in [0.4, 0.5) is 0 Å². The fourth-order valence-corrected chi connectivity index (χ4v) is 5.13. The number of nitrogens with two attached hydrogens (primary N) is 1. The fourth-order valence-electron chi connectivity index (χ4n) is 3.82. The van der Waals surface area contributed by atoms with Crippen LogP contribution in [-0.2, 0) is 14.8 Å². The smallest absolute Gasteiger partial charge is 0.254 e. The molecule has 0 bridgehead atoms. The Hall–Kier alpha value is -3.24. The van der Waals surface area contributed by atoms with E-state index in [1.54, 1.807) is 48.8 Å². The van der Waals surface area contributed by atoms with E-state index in [9.17, 15) is 18.0 Å². The number of aromatic nitrogens is 1. The Balaban J connectivity index is 0.00000361. The van der Waals surface area contributed by atoms with E-state index >= 15 is 0 Å². The molecule has 1 fully saturated rings. The van der Waals surface area contributed by atoms with Crippen LogP contribution in [0.25, 0.3) is 17.2 Å². The predicted molar refractivity (Wildman–Crippen MR) is 142 cm³/mol. The Kier molecular flexibility index (Phi) is 8.86. The molecule has 1 saturated heterocycles. The number of nitrogens with zero attached hydrogens (tertiary/aromatic N) is 3. The lowest BCUT2D eigenvalue weighted by Crippen LogP contribution is -2.60. The summed E-state index contributed by atoms with van der Waals surface area (Å²) >= 11 is 5.86. The number of carbonyl (C=O) groups is 2. The lowest BCUT2D eigenvalue weighted by molar-refractivity contribution is -0.123. The molecule has 0 aliphatic carbocycles. The number of primary amides is 1. The molecule has 1 atom stereocenters. The third-order valence-electron chi connectivity index (χ3n) is 5.74. The Morgan fingerprint density at radius 2 is 1.56 bits per heavy atom. The van der Waals surface area contributed by atoms with Crippen LogP contribution in [0.5, 0.6) is 0 Å². The fraction of sp³-hybridized carbons (Fsp3) is 0.160. The molecule has 1 unspecified atom stereocenters. The highest BCUT2D eigenvalue weighted by molar-refractivity contribution is 7.92. The molecule has 36 heavy (non-hydrogen) atoms. The van der Waals surface area contributed by atoms with Gasteiger partial charge in [-0.25, -0.2) is 8.42 Å². The highest BCUT2D eigenvalue weighted by Gasteiger charge is 2.38. The van der Waals surface area contributed by atoms with E-state index in [4.69, 9.17) is 17.3 Å². The first-order valence-corrected chi connectivity index (χ1v) is 12.7. The van der Waals surface area contributed by atoms with E-state index < -0.39 is 22.0 Å². The summed E-state index contributed by atoms with van der Waals surface area (Å²) < 4.78 is 26.9. The number of hydrogen-bond donors (Lipinski definition) is 1. The van der Waals surface area contributed by atoms with Gasteiger partial charge < -0.3 is 10.6 Å². The minimum atomic E-state index is -3.84. The van der Waals surface area contributed by atoms with Crippen LogP contribution in [0.15, 0.2) is 78.5 Å². The normalized spacial score (nSPS) is 16.5. The minimum Gasteiger partial charge on any atom is -0.368 e. The molecule has 4 rings (SSSR count). The van der Waals surface area contributed by atoms with E-state index in [-0.39, 0.29) is 37.9 Å². The summed E-state index contributed by atoms with van der Waals surface area (Å²) in [7, 11) is -3.84. The van der Waals surface area contributed by atoms with Gasteiger partial charge in [0.05, 0.1) is 0 Å². The van der Waals surface area contributed by atoms with Gasteiger partial charge in [-0.05, 0) is 59.2 Å². The topological polar surface area (TPSA) is 114 Å². The van der Waals surface area contributed by atoms with Gasteiger partial charge in [0.2, 0.25) is 15.9 Å².